The van der Waals surface area contributed by atoms with Crippen LogP contribution in [-0.2, 0) is 17.8 Å². The van der Waals surface area contributed by atoms with Gasteiger partial charge in [0.2, 0.25) is 0 Å². The number of hydrogen-bond donors (Lipinski definition) is 0. The molecule has 1 unspecified atom stereocenters. The van der Waals surface area contributed by atoms with Crippen LogP contribution in [0, 0.1) is 19.8 Å². The molecule has 0 spiro atoms. The first kappa shape index (κ1) is 18.5. The number of hydrogen-bond acceptors (Lipinski definition) is 4. The molecule has 0 aliphatic rings. The summed E-state index contributed by atoms with van der Waals surface area (Å²) in [5, 5.41) is 0.644. The van der Waals surface area contributed by atoms with Crippen molar-refractivity contribution in [2.24, 2.45) is 5.92 Å². The van der Waals surface area contributed by atoms with Crippen molar-refractivity contribution in [1.82, 2.24) is 8.94 Å². The number of carbonyl (C=O) groups excluding carboxylic acids is 1. The standard InChI is InChI=1S/C21H24N2O2S/c1-14(9-10-17-7-5-4-6-8-17)11-18(24)13-23-21(25)19-15(2)12-16(3)22-20(19)26-23/h4-8,12,14H,9-11,13H2,1-3H3. The minimum atomic E-state index is -0.0970. The second kappa shape index (κ2) is 7.96. The molecule has 2 aromatic heterocycles. The molecule has 4 nitrogen and oxygen atoms in total. The largest absolute Gasteiger partial charge is 0.298 e. The summed E-state index contributed by atoms with van der Waals surface area (Å²) in [6, 6.07) is 12.2. The first-order valence-corrected chi connectivity index (χ1v) is 9.75. The zero-order valence-electron chi connectivity index (χ0n) is 15.5. The summed E-state index contributed by atoms with van der Waals surface area (Å²) in [6.45, 7) is 6.08. The topological polar surface area (TPSA) is 52.0 Å². The molecule has 0 saturated carbocycles. The fraction of sp³-hybridized carbons (Fsp3) is 0.381. The van der Waals surface area contributed by atoms with Gasteiger partial charge >= 0.3 is 0 Å². The average molecular weight is 369 g/mol. The van der Waals surface area contributed by atoms with Crippen LogP contribution < -0.4 is 5.56 Å². The number of aromatic nitrogens is 2. The van der Waals surface area contributed by atoms with Crippen molar-refractivity contribution in [2.75, 3.05) is 0 Å². The molecule has 26 heavy (non-hydrogen) atoms. The highest BCUT2D eigenvalue weighted by Crippen LogP contribution is 2.20. The van der Waals surface area contributed by atoms with Gasteiger partial charge < -0.3 is 0 Å². The number of fused-ring (bicyclic) bond motifs is 1. The minimum absolute atomic E-state index is 0.0970. The van der Waals surface area contributed by atoms with E-state index in [1.165, 1.54) is 17.1 Å². The van der Waals surface area contributed by atoms with Crippen molar-refractivity contribution < 1.29 is 4.79 Å². The third-order valence-electron chi connectivity index (χ3n) is 4.61. The lowest BCUT2D eigenvalue weighted by Gasteiger charge is -2.10. The monoisotopic (exact) mass is 368 g/mol. The molecule has 3 aromatic rings. The number of rotatable bonds is 7. The summed E-state index contributed by atoms with van der Waals surface area (Å²) < 4.78 is 1.55. The van der Waals surface area contributed by atoms with Gasteiger partial charge in [0.1, 0.15) is 4.83 Å². The van der Waals surface area contributed by atoms with Gasteiger partial charge in [0, 0.05) is 12.1 Å². The Morgan fingerprint density at radius 2 is 1.96 bits per heavy atom. The fourth-order valence-corrected chi connectivity index (χ4v) is 4.39. The van der Waals surface area contributed by atoms with Crippen LogP contribution in [0.5, 0.6) is 0 Å². The zero-order chi connectivity index (χ0) is 18.7. The molecule has 0 amide bonds. The van der Waals surface area contributed by atoms with E-state index in [4.69, 9.17) is 0 Å². The average Bonchev–Trinajstić information content (AvgIpc) is 2.89. The summed E-state index contributed by atoms with van der Waals surface area (Å²) in [6.07, 6.45) is 2.44. The summed E-state index contributed by atoms with van der Waals surface area (Å²) in [4.78, 5) is 30.2. The number of benzene rings is 1. The van der Waals surface area contributed by atoms with Crippen molar-refractivity contribution in [3.8, 4) is 0 Å². The van der Waals surface area contributed by atoms with Crippen molar-refractivity contribution in [1.29, 1.82) is 0 Å². The zero-order valence-corrected chi connectivity index (χ0v) is 16.3. The van der Waals surface area contributed by atoms with Gasteiger partial charge in [-0.3, -0.25) is 13.5 Å². The van der Waals surface area contributed by atoms with Crippen LogP contribution in [-0.4, -0.2) is 14.7 Å². The van der Waals surface area contributed by atoms with Crippen LogP contribution in [0.25, 0.3) is 10.2 Å². The van der Waals surface area contributed by atoms with Crippen molar-refractivity contribution in [2.45, 2.75) is 46.6 Å². The minimum Gasteiger partial charge on any atom is -0.298 e. The summed E-state index contributed by atoms with van der Waals surface area (Å²) in [5.74, 6) is 0.406. The van der Waals surface area contributed by atoms with E-state index in [0.29, 0.717) is 17.7 Å². The molecule has 0 aliphatic heterocycles. The maximum absolute atomic E-state index is 12.6. The third-order valence-corrected chi connectivity index (χ3v) is 5.60. The SMILES string of the molecule is Cc1cc(C)c2c(=O)n(CC(=O)CC(C)CCc3ccccc3)sc2n1. The van der Waals surface area contributed by atoms with Gasteiger partial charge in [-0.05, 0) is 61.3 Å². The smallest absolute Gasteiger partial charge is 0.270 e. The Hall–Kier alpha value is -2.27. The molecule has 0 N–H and O–H groups in total. The van der Waals surface area contributed by atoms with Crippen LogP contribution in [0.15, 0.2) is 41.2 Å². The van der Waals surface area contributed by atoms with Crippen molar-refractivity contribution >= 4 is 27.5 Å². The second-order valence-electron chi connectivity index (χ2n) is 7.07. The van der Waals surface area contributed by atoms with E-state index in [0.717, 1.165) is 28.9 Å². The summed E-state index contributed by atoms with van der Waals surface area (Å²) >= 11 is 1.29. The predicted molar refractivity (Wildman–Crippen MR) is 107 cm³/mol. The van der Waals surface area contributed by atoms with Crippen LogP contribution in [0.4, 0.5) is 0 Å². The van der Waals surface area contributed by atoms with E-state index in [-0.39, 0.29) is 17.9 Å². The molecule has 0 saturated heterocycles. The molecule has 0 bridgehead atoms. The molecule has 0 radical (unpaired) electrons. The van der Waals surface area contributed by atoms with Gasteiger partial charge in [-0.25, -0.2) is 4.98 Å². The quantitative estimate of drug-likeness (QED) is 0.625. The van der Waals surface area contributed by atoms with Gasteiger partial charge in [-0.1, -0.05) is 37.3 Å². The normalized spacial score (nSPS) is 12.4. The van der Waals surface area contributed by atoms with Gasteiger partial charge in [-0.2, -0.15) is 0 Å². The maximum Gasteiger partial charge on any atom is 0.270 e. The number of nitrogens with zero attached hydrogens (tertiary/aromatic N) is 2. The molecule has 1 aromatic carbocycles. The fourth-order valence-electron chi connectivity index (χ4n) is 3.28. The highest BCUT2D eigenvalue weighted by Gasteiger charge is 2.16. The van der Waals surface area contributed by atoms with Crippen molar-refractivity contribution in [3.63, 3.8) is 0 Å². The number of pyridine rings is 1. The molecule has 0 aliphatic carbocycles. The van der Waals surface area contributed by atoms with Gasteiger partial charge in [0.05, 0.1) is 11.9 Å². The number of Topliss-reactive ketones (excluding diaryl/α,β-unsaturated/α-hetero) is 1. The van der Waals surface area contributed by atoms with Crippen LogP contribution >= 0.6 is 11.5 Å². The molecule has 2 heterocycles. The Labute approximate surface area is 157 Å². The molecule has 0 fully saturated rings. The van der Waals surface area contributed by atoms with Gasteiger partial charge in [0.25, 0.3) is 5.56 Å². The first-order chi connectivity index (χ1) is 12.4. The van der Waals surface area contributed by atoms with E-state index in [9.17, 15) is 9.59 Å². The first-order valence-electron chi connectivity index (χ1n) is 8.97. The second-order valence-corrected chi connectivity index (χ2v) is 8.08. The highest BCUT2D eigenvalue weighted by atomic mass is 32.1. The van der Waals surface area contributed by atoms with Gasteiger partial charge in [-0.15, -0.1) is 0 Å². The lowest BCUT2D eigenvalue weighted by atomic mass is 9.96. The Bertz CT molecular complexity index is 973. The number of ketones is 1. The number of aryl methyl sites for hydroxylation is 3. The lowest BCUT2D eigenvalue weighted by Crippen LogP contribution is -2.20. The third kappa shape index (κ3) is 4.28. The maximum atomic E-state index is 12.6. The van der Waals surface area contributed by atoms with Crippen LogP contribution in [0.1, 0.15) is 36.6 Å². The Morgan fingerprint density at radius 1 is 1.23 bits per heavy atom. The molecule has 1 atom stereocenters. The summed E-state index contributed by atoms with van der Waals surface area (Å²) in [7, 11) is 0. The molecule has 136 valence electrons. The Balaban J connectivity index is 1.63. The molecule has 5 heteroatoms. The van der Waals surface area contributed by atoms with E-state index in [1.807, 2.05) is 38.1 Å². The highest BCUT2D eigenvalue weighted by molar-refractivity contribution is 7.13. The van der Waals surface area contributed by atoms with Gasteiger partial charge in [0.15, 0.2) is 5.78 Å². The lowest BCUT2D eigenvalue weighted by molar-refractivity contribution is -0.120. The number of carbonyl (C=O) groups is 1. The Kier molecular flexibility index (Phi) is 5.67. The van der Waals surface area contributed by atoms with E-state index < -0.39 is 0 Å². The molecular formula is C21H24N2O2S. The van der Waals surface area contributed by atoms with Crippen molar-refractivity contribution in [3.05, 3.63) is 63.6 Å². The van der Waals surface area contributed by atoms with E-state index in [1.54, 1.807) is 3.96 Å². The van der Waals surface area contributed by atoms with E-state index >= 15 is 0 Å². The summed E-state index contributed by atoms with van der Waals surface area (Å²) in [5.41, 5.74) is 3.02. The van der Waals surface area contributed by atoms with Crippen LogP contribution in [0.3, 0.4) is 0 Å². The van der Waals surface area contributed by atoms with E-state index in [2.05, 4.69) is 24.0 Å². The molecular weight excluding hydrogens is 344 g/mol. The Morgan fingerprint density at radius 3 is 2.69 bits per heavy atom. The van der Waals surface area contributed by atoms with Crippen LogP contribution in [0.2, 0.25) is 0 Å². The predicted octanol–water partition coefficient (Wildman–Crippen LogP) is 4.30. The molecule has 3 rings (SSSR count).